The number of likely N-dealkylation sites (tertiary alicyclic amines) is 2. The summed E-state index contributed by atoms with van der Waals surface area (Å²) < 4.78 is -0.972. The van der Waals surface area contributed by atoms with Crippen molar-refractivity contribution in [2.24, 2.45) is 5.92 Å². The number of fused-ring (bicyclic) bond motifs is 1. The van der Waals surface area contributed by atoms with Crippen LogP contribution in [0, 0.1) is 5.92 Å². The van der Waals surface area contributed by atoms with Gasteiger partial charge in [-0.3, -0.25) is 9.59 Å². The van der Waals surface area contributed by atoms with Gasteiger partial charge in [0, 0.05) is 47.2 Å². The lowest BCUT2D eigenvalue weighted by molar-refractivity contribution is -0.136. The van der Waals surface area contributed by atoms with Gasteiger partial charge >= 0.3 is 0 Å². The summed E-state index contributed by atoms with van der Waals surface area (Å²) in [6.07, 6.45) is 5.26. The highest BCUT2D eigenvalue weighted by Crippen LogP contribution is 2.55. The van der Waals surface area contributed by atoms with Gasteiger partial charge in [-0.15, -0.1) is 11.8 Å². The second kappa shape index (κ2) is 9.03. The molecule has 0 bridgehead atoms. The van der Waals surface area contributed by atoms with Gasteiger partial charge in [-0.1, -0.05) is 36.4 Å². The van der Waals surface area contributed by atoms with E-state index in [4.69, 9.17) is 0 Å². The Hall–Kier alpha value is -2.77. The molecule has 6 nitrogen and oxygen atoms in total. The topological polar surface area (TPSA) is 76.6 Å². The third-order valence-electron chi connectivity index (χ3n) is 7.71. The first-order valence-corrected chi connectivity index (χ1v) is 13.4. The lowest BCUT2D eigenvalue weighted by Gasteiger charge is -2.41. The van der Waals surface area contributed by atoms with Crippen molar-refractivity contribution < 1.29 is 14.7 Å². The quantitative estimate of drug-likeness (QED) is 0.539. The van der Waals surface area contributed by atoms with Crippen molar-refractivity contribution in [3.8, 4) is 0 Å². The van der Waals surface area contributed by atoms with Crippen LogP contribution in [-0.4, -0.2) is 62.2 Å². The Balaban J connectivity index is 1.50. The molecule has 2 amide bonds. The molecule has 0 radical (unpaired) electrons. The highest BCUT2D eigenvalue weighted by Gasteiger charge is 2.60. The van der Waals surface area contributed by atoms with Crippen LogP contribution in [0.15, 0.2) is 65.7 Å². The van der Waals surface area contributed by atoms with Crippen LogP contribution in [0.1, 0.15) is 43.7 Å². The molecule has 2 unspecified atom stereocenters. The molecule has 0 spiro atoms. The van der Waals surface area contributed by atoms with E-state index in [2.05, 4.69) is 11.1 Å². The fraction of sp³-hybridized carbons (Fsp3) is 0.429. The number of thioether (sulfide) groups is 1. The number of carbonyl (C=O) groups is 2. The standard InChI is InChI=1S/C28H31N3O3S/c32-20-12-14-30(15-13-20)27(34)28(35-21-6-2-1-3-7-21)16-25(33)31(18-19-10-11-19)26(28)23-17-29-24-9-5-4-8-22(23)24/h1-9,17,19-20,26,29,32H,10-16,18H2. The molecule has 3 aliphatic rings. The summed E-state index contributed by atoms with van der Waals surface area (Å²) in [5.41, 5.74) is 2.03. The summed E-state index contributed by atoms with van der Waals surface area (Å²) in [7, 11) is 0. The first-order chi connectivity index (χ1) is 17.0. The van der Waals surface area contributed by atoms with Crippen LogP contribution in [0.5, 0.6) is 0 Å². The number of nitrogens with one attached hydrogen (secondary N) is 1. The van der Waals surface area contributed by atoms with Gasteiger partial charge in [-0.25, -0.2) is 0 Å². The Bertz CT molecular complexity index is 1230. The van der Waals surface area contributed by atoms with E-state index in [1.807, 2.05) is 64.5 Å². The second-order valence-electron chi connectivity index (χ2n) is 10.2. The van der Waals surface area contributed by atoms with Gasteiger partial charge in [0.2, 0.25) is 11.8 Å². The maximum atomic E-state index is 14.5. The fourth-order valence-electron chi connectivity index (χ4n) is 5.71. The zero-order valence-electron chi connectivity index (χ0n) is 19.7. The molecule has 2 aromatic carbocycles. The zero-order chi connectivity index (χ0) is 24.0. The molecule has 2 N–H and O–H groups in total. The highest BCUT2D eigenvalue weighted by molar-refractivity contribution is 8.01. The molecular weight excluding hydrogens is 458 g/mol. The van der Waals surface area contributed by atoms with Gasteiger partial charge in [-0.2, -0.15) is 0 Å². The molecule has 3 aromatic rings. The van der Waals surface area contributed by atoms with E-state index in [0.29, 0.717) is 38.4 Å². The Morgan fingerprint density at radius 2 is 1.74 bits per heavy atom. The van der Waals surface area contributed by atoms with Crippen LogP contribution >= 0.6 is 11.8 Å². The van der Waals surface area contributed by atoms with E-state index in [1.54, 1.807) is 11.8 Å². The summed E-state index contributed by atoms with van der Waals surface area (Å²) in [5.74, 6) is 0.589. The molecule has 7 heteroatoms. The number of aliphatic hydroxyl groups excluding tert-OH is 1. The number of aromatic amines is 1. The molecule has 3 fully saturated rings. The summed E-state index contributed by atoms with van der Waals surface area (Å²) >= 11 is 1.54. The van der Waals surface area contributed by atoms with Crippen molar-refractivity contribution in [3.05, 3.63) is 66.4 Å². The fourth-order valence-corrected chi connectivity index (χ4v) is 7.20. The molecule has 2 aliphatic heterocycles. The van der Waals surface area contributed by atoms with Crippen LogP contribution in [-0.2, 0) is 9.59 Å². The lowest BCUT2D eigenvalue weighted by Crippen LogP contribution is -2.52. The van der Waals surface area contributed by atoms with E-state index < -0.39 is 4.75 Å². The minimum Gasteiger partial charge on any atom is -0.393 e. The number of H-pyrrole nitrogens is 1. The molecule has 2 atom stereocenters. The number of carbonyl (C=O) groups excluding carboxylic acids is 2. The molecule has 1 aliphatic carbocycles. The van der Waals surface area contributed by atoms with Gasteiger partial charge in [0.1, 0.15) is 4.75 Å². The number of amides is 2. The molecule has 2 saturated heterocycles. The predicted molar refractivity (Wildman–Crippen MR) is 137 cm³/mol. The number of nitrogens with zero attached hydrogens (tertiary/aromatic N) is 2. The maximum Gasteiger partial charge on any atom is 0.242 e. The average molecular weight is 490 g/mol. The largest absolute Gasteiger partial charge is 0.393 e. The number of piperidine rings is 1. The molecule has 6 rings (SSSR count). The number of benzene rings is 2. The zero-order valence-corrected chi connectivity index (χ0v) is 20.5. The summed E-state index contributed by atoms with van der Waals surface area (Å²) in [6, 6.07) is 17.8. The van der Waals surface area contributed by atoms with E-state index >= 15 is 0 Å². The van der Waals surface area contributed by atoms with E-state index in [0.717, 1.165) is 34.2 Å². The third kappa shape index (κ3) is 4.15. The van der Waals surface area contributed by atoms with Gasteiger partial charge in [-0.05, 0) is 49.8 Å². The number of rotatable bonds is 6. The monoisotopic (exact) mass is 489 g/mol. The maximum absolute atomic E-state index is 14.5. The van der Waals surface area contributed by atoms with Crippen molar-refractivity contribution in [1.82, 2.24) is 14.8 Å². The van der Waals surface area contributed by atoms with Gasteiger partial charge in [0.25, 0.3) is 0 Å². The van der Waals surface area contributed by atoms with E-state index in [-0.39, 0.29) is 30.4 Å². The smallest absolute Gasteiger partial charge is 0.242 e. The van der Waals surface area contributed by atoms with Gasteiger partial charge in [0.15, 0.2) is 0 Å². The highest BCUT2D eigenvalue weighted by atomic mass is 32.2. The van der Waals surface area contributed by atoms with Crippen LogP contribution in [0.25, 0.3) is 10.9 Å². The van der Waals surface area contributed by atoms with Crippen LogP contribution < -0.4 is 0 Å². The molecule has 3 heterocycles. The van der Waals surface area contributed by atoms with E-state index in [1.165, 1.54) is 0 Å². The number of aliphatic hydroxyl groups is 1. The summed E-state index contributed by atoms with van der Waals surface area (Å²) in [5, 5.41) is 11.1. The SMILES string of the molecule is O=C1CC(Sc2ccccc2)(C(=O)N2CCC(O)CC2)C(c2c[nH]c3ccccc23)N1CC1CC1. The minimum atomic E-state index is -0.972. The molecule has 35 heavy (non-hydrogen) atoms. The number of para-hydroxylation sites is 1. The Morgan fingerprint density at radius 3 is 2.49 bits per heavy atom. The molecule has 1 aromatic heterocycles. The normalized spacial score (nSPS) is 25.5. The Morgan fingerprint density at radius 1 is 1.03 bits per heavy atom. The summed E-state index contributed by atoms with van der Waals surface area (Å²) in [4.78, 5) is 36.5. The molecule has 182 valence electrons. The van der Waals surface area contributed by atoms with Crippen molar-refractivity contribution in [2.45, 2.75) is 53.9 Å². The van der Waals surface area contributed by atoms with Gasteiger partial charge < -0.3 is 19.9 Å². The van der Waals surface area contributed by atoms with E-state index in [9.17, 15) is 14.7 Å². The van der Waals surface area contributed by atoms with Crippen molar-refractivity contribution in [2.75, 3.05) is 19.6 Å². The van der Waals surface area contributed by atoms with Crippen molar-refractivity contribution in [1.29, 1.82) is 0 Å². The van der Waals surface area contributed by atoms with Crippen molar-refractivity contribution >= 4 is 34.5 Å². The third-order valence-corrected chi connectivity index (χ3v) is 9.13. The lowest BCUT2D eigenvalue weighted by atomic mass is 9.90. The molecule has 1 saturated carbocycles. The average Bonchev–Trinajstić information content (AvgIpc) is 3.54. The van der Waals surface area contributed by atoms with Crippen LogP contribution in [0.2, 0.25) is 0 Å². The first kappa shape index (κ1) is 22.7. The molecular formula is C28H31N3O3S. The summed E-state index contributed by atoms with van der Waals surface area (Å²) in [6.45, 7) is 1.75. The number of hydrogen-bond donors (Lipinski definition) is 2. The van der Waals surface area contributed by atoms with Crippen LogP contribution in [0.4, 0.5) is 0 Å². The number of hydrogen-bond acceptors (Lipinski definition) is 4. The van der Waals surface area contributed by atoms with Crippen molar-refractivity contribution in [3.63, 3.8) is 0 Å². The second-order valence-corrected chi connectivity index (χ2v) is 11.6. The Kier molecular flexibility index (Phi) is 5.85. The first-order valence-electron chi connectivity index (χ1n) is 12.6. The predicted octanol–water partition coefficient (Wildman–Crippen LogP) is 4.37. The Labute approximate surface area is 209 Å². The minimum absolute atomic E-state index is 0.0141. The number of aromatic nitrogens is 1. The van der Waals surface area contributed by atoms with Gasteiger partial charge in [0.05, 0.1) is 18.6 Å². The van der Waals surface area contributed by atoms with Crippen LogP contribution in [0.3, 0.4) is 0 Å².